The lowest BCUT2D eigenvalue weighted by atomic mass is 9.91. The molecule has 4 nitrogen and oxygen atoms in total. The average Bonchev–Trinajstić information content (AvgIpc) is 2.84. The van der Waals surface area contributed by atoms with Crippen molar-refractivity contribution in [2.45, 2.75) is 44.8 Å². The van der Waals surface area contributed by atoms with Crippen LogP contribution in [0.4, 0.5) is 5.69 Å². The second-order valence-corrected chi connectivity index (χ2v) is 6.04. The van der Waals surface area contributed by atoms with Gasteiger partial charge in [0.2, 0.25) is 0 Å². The summed E-state index contributed by atoms with van der Waals surface area (Å²) < 4.78 is 17.7. The van der Waals surface area contributed by atoms with Crippen molar-refractivity contribution in [2.75, 3.05) is 25.6 Å². The number of ether oxygens (including phenoxy) is 3. The van der Waals surface area contributed by atoms with Gasteiger partial charge in [0.25, 0.3) is 0 Å². The van der Waals surface area contributed by atoms with Crippen LogP contribution >= 0.6 is 0 Å². The van der Waals surface area contributed by atoms with E-state index in [4.69, 9.17) is 19.9 Å². The summed E-state index contributed by atoms with van der Waals surface area (Å²) in [7, 11) is 0. The number of nitrogens with two attached hydrogens (primary N) is 1. The Balaban J connectivity index is 1.73. The fourth-order valence-electron chi connectivity index (χ4n) is 3.07. The van der Waals surface area contributed by atoms with Gasteiger partial charge in [-0.25, -0.2) is 0 Å². The first kappa shape index (κ1) is 13.7. The lowest BCUT2D eigenvalue weighted by Gasteiger charge is -2.37. The van der Waals surface area contributed by atoms with Crippen LogP contribution in [0.5, 0.6) is 5.75 Å². The second kappa shape index (κ2) is 5.26. The molecule has 2 N–H and O–H groups in total. The SMILES string of the molecule is Cc1cc(OC2CCOC3(CCOC3)C2)c(C)cc1N. The second-order valence-electron chi connectivity index (χ2n) is 6.04. The minimum atomic E-state index is -0.111. The minimum absolute atomic E-state index is 0.111. The molecule has 2 heterocycles. The Morgan fingerprint density at radius 1 is 1.25 bits per heavy atom. The van der Waals surface area contributed by atoms with Crippen LogP contribution in [0.25, 0.3) is 0 Å². The fraction of sp³-hybridized carbons (Fsp3) is 0.625. The molecule has 2 unspecified atom stereocenters. The average molecular weight is 277 g/mol. The topological polar surface area (TPSA) is 53.7 Å². The quantitative estimate of drug-likeness (QED) is 0.844. The lowest BCUT2D eigenvalue weighted by Crippen LogP contribution is -2.44. The van der Waals surface area contributed by atoms with Crippen LogP contribution in [0.2, 0.25) is 0 Å². The Morgan fingerprint density at radius 2 is 2.10 bits per heavy atom. The molecular formula is C16H23NO3. The molecule has 1 aromatic rings. The molecule has 4 heteroatoms. The normalized spacial score (nSPS) is 29.8. The third kappa shape index (κ3) is 2.63. The Labute approximate surface area is 120 Å². The third-order valence-electron chi connectivity index (χ3n) is 4.37. The van der Waals surface area contributed by atoms with Crippen LogP contribution in [0.15, 0.2) is 12.1 Å². The molecule has 2 aliphatic heterocycles. The van der Waals surface area contributed by atoms with Gasteiger partial charge in [-0.1, -0.05) is 0 Å². The van der Waals surface area contributed by atoms with Crippen molar-refractivity contribution in [1.82, 2.24) is 0 Å². The zero-order valence-electron chi connectivity index (χ0n) is 12.3. The maximum atomic E-state index is 6.22. The minimum Gasteiger partial charge on any atom is -0.490 e. The number of hydrogen-bond acceptors (Lipinski definition) is 4. The highest BCUT2D eigenvalue weighted by molar-refractivity contribution is 5.53. The molecule has 110 valence electrons. The molecule has 0 saturated carbocycles. The van der Waals surface area contributed by atoms with Crippen LogP contribution in [-0.4, -0.2) is 31.5 Å². The predicted octanol–water partition coefficient (Wildman–Crippen LogP) is 2.60. The first-order chi connectivity index (χ1) is 9.58. The summed E-state index contributed by atoms with van der Waals surface area (Å²) in [6.07, 6.45) is 3.03. The summed E-state index contributed by atoms with van der Waals surface area (Å²) in [6.45, 7) is 6.30. The van der Waals surface area contributed by atoms with Crippen LogP contribution < -0.4 is 10.5 Å². The van der Waals surface area contributed by atoms with E-state index < -0.39 is 0 Å². The number of nitrogen functional groups attached to an aromatic ring is 1. The molecule has 0 amide bonds. The highest BCUT2D eigenvalue weighted by Gasteiger charge is 2.41. The van der Waals surface area contributed by atoms with Crippen LogP contribution in [0, 0.1) is 13.8 Å². The van der Waals surface area contributed by atoms with E-state index in [1.165, 1.54) is 0 Å². The fourth-order valence-corrected chi connectivity index (χ4v) is 3.07. The van der Waals surface area contributed by atoms with Crippen LogP contribution in [-0.2, 0) is 9.47 Å². The lowest BCUT2D eigenvalue weighted by molar-refractivity contribution is -0.112. The van der Waals surface area contributed by atoms with Crippen molar-refractivity contribution in [3.05, 3.63) is 23.3 Å². The largest absolute Gasteiger partial charge is 0.490 e. The third-order valence-corrected chi connectivity index (χ3v) is 4.37. The van der Waals surface area contributed by atoms with E-state index in [1.807, 2.05) is 26.0 Å². The molecule has 1 spiro atoms. The Hall–Kier alpha value is -1.26. The predicted molar refractivity (Wildman–Crippen MR) is 78.1 cm³/mol. The number of benzene rings is 1. The monoisotopic (exact) mass is 277 g/mol. The van der Waals surface area contributed by atoms with Crippen LogP contribution in [0.3, 0.4) is 0 Å². The first-order valence-electron chi connectivity index (χ1n) is 7.33. The van der Waals surface area contributed by atoms with Gasteiger partial charge < -0.3 is 19.9 Å². The molecule has 2 aliphatic rings. The maximum Gasteiger partial charge on any atom is 0.123 e. The Morgan fingerprint density at radius 3 is 2.85 bits per heavy atom. The summed E-state index contributed by atoms with van der Waals surface area (Å²) >= 11 is 0. The highest BCUT2D eigenvalue weighted by Crippen LogP contribution is 2.35. The van der Waals surface area contributed by atoms with E-state index in [9.17, 15) is 0 Å². The molecule has 0 aromatic heterocycles. The molecule has 2 atom stereocenters. The van der Waals surface area contributed by atoms with Gasteiger partial charge >= 0.3 is 0 Å². The van der Waals surface area contributed by atoms with E-state index >= 15 is 0 Å². The maximum absolute atomic E-state index is 6.22. The van der Waals surface area contributed by atoms with Gasteiger partial charge in [-0.15, -0.1) is 0 Å². The molecular weight excluding hydrogens is 254 g/mol. The van der Waals surface area contributed by atoms with Gasteiger partial charge in [-0.05, 0) is 37.1 Å². The summed E-state index contributed by atoms with van der Waals surface area (Å²) in [5.41, 5.74) is 8.80. The van der Waals surface area contributed by atoms with Crippen molar-refractivity contribution < 1.29 is 14.2 Å². The van der Waals surface area contributed by atoms with E-state index in [0.29, 0.717) is 6.61 Å². The van der Waals surface area contributed by atoms with Crippen LogP contribution in [0.1, 0.15) is 30.4 Å². The van der Waals surface area contributed by atoms with Gasteiger partial charge in [-0.2, -0.15) is 0 Å². The molecule has 0 aliphatic carbocycles. The van der Waals surface area contributed by atoms with Gasteiger partial charge in [0.15, 0.2) is 0 Å². The standard InChI is InChI=1S/C16H23NO3/c1-11-8-15(12(2)7-14(11)17)20-13-3-5-19-16(9-13)4-6-18-10-16/h7-8,13H,3-6,9-10,17H2,1-2H3. The number of hydrogen-bond donors (Lipinski definition) is 1. The smallest absolute Gasteiger partial charge is 0.123 e. The van der Waals surface area contributed by atoms with Gasteiger partial charge in [-0.3, -0.25) is 0 Å². The van der Waals surface area contributed by atoms with Crippen molar-refractivity contribution in [1.29, 1.82) is 0 Å². The number of anilines is 1. The van der Waals surface area contributed by atoms with Gasteiger partial charge in [0.05, 0.1) is 18.8 Å². The van der Waals surface area contributed by atoms with E-state index in [1.54, 1.807) is 0 Å². The van der Waals surface area contributed by atoms with E-state index in [0.717, 1.165) is 55.0 Å². The molecule has 0 radical (unpaired) electrons. The number of rotatable bonds is 2. The molecule has 2 saturated heterocycles. The molecule has 3 rings (SSSR count). The Kier molecular flexibility index (Phi) is 3.61. The summed E-state index contributed by atoms with van der Waals surface area (Å²) in [5, 5.41) is 0. The molecule has 20 heavy (non-hydrogen) atoms. The molecule has 1 aromatic carbocycles. The Bertz CT molecular complexity index is 495. The van der Waals surface area contributed by atoms with E-state index in [2.05, 4.69) is 0 Å². The first-order valence-corrected chi connectivity index (χ1v) is 7.33. The van der Waals surface area contributed by atoms with Gasteiger partial charge in [0.1, 0.15) is 11.9 Å². The van der Waals surface area contributed by atoms with E-state index in [-0.39, 0.29) is 11.7 Å². The molecule has 0 bridgehead atoms. The highest BCUT2D eigenvalue weighted by atomic mass is 16.6. The summed E-state index contributed by atoms with van der Waals surface area (Å²) in [4.78, 5) is 0. The molecule has 2 fully saturated rings. The van der Waals surface area contributed by atoms with Crippen molar-refractivity contribution in [3.63, 3.8) is 0 Å². The zero-order chi connectivity index (χ0) is 14.2. The van der Waals surface area contributed by atoms with Crippen molar-refractivity contribution in [2.24, 2.45) is 0 Å². The zero-order valence-corrected chi connectivity index (χ0v) is 12.3. The summed E-state index contributed by atoms with van der Waals surface area (Å²) in [5.74, 6) is 0.942. The number of aryl methyl sites for hydroxylation is 2. The summed E-state index contributed by atoms with van der Waals surface area (Å²) in [6, 6.07) is 4.02. The van der Waals surface area contributed by atoms with Crippen molar-refractivity contribution >= 4 is 5.69 Å². The van der Waals surface area contributed by atoms with Crippen molar-refractivity contribution in [3.8, 4) is 5.75 Å². The van der Waals surface area contributed by atoms with Gasteiger partial charge in [0, 0.05) is 31.6 Å².